The zero-order valence-electron chi connectivity index (χ0n) is 18.6. The van der Waals surface area contributed by atoms with Crippen LogP contribution in [0.4, 0.5) is 0 Å². The highest BCUT2D eigenvalue weighted by molar-refractivity contribution is 6.03. The first-order chi connectivity index (χ1) is 14.0. The van der Waals surface area contributed by atoms with Gasteiger partial charge < -0.3 is 20.1 Å². The van der Waals surface area contributed by atoms with E-state index < -0.39 is 29.4 Å². The van der Waals surface area contributed by atoms with Crippen molar-refractivity contribution in [2.75, 3.05) is 13.7 Å². The summed E-state index contributed by atoms with van der Waals surface area (Å²) in [4.78, 5) is 37.8. The molecule has 2 rings (SSSR count). The molecule has 7 heteroatoms. The fraction of sp³-hybridized carbons (Fsp3) is 0.435. The van der Waals surface area contributed by atoms with Gasteiger partial charge in [0.2, 0.25) is 5.91 Å². The molecule has 1 heterocycles. The van der Waals surface area contributed by atoms with Crippen LogP contribution in [-0.4, -0.2) is 37.1 Å². The summed E-state index contributed by atoms with van der Waals surface area (Å²) in [6.07, 6.45) is 0. The monoisotopic (exact) mass is 414 g/mol. The molecular formula is C23H30N2O5. The molecule has 0 saturated heterocycles. The largest absolute Gasteiger partial charge is 0.466 e. The van der Waals surface area contributed by atoms with Gasteiger partial charge in [-0.2, -0.15) is 0 Å². The van der Waals surface area contributed by atoms with Crippen molar-refractivity contribution in [3.8, 4) is 0 Å². The summed E-state index contributed by atoms with van der Waals surface area (Å²) in [6, 6.07) is 7.57. The first kappa shape index (κ1) is 23.2. The van der Waals surface area contributed by atoms with Gasteiger partial charge in [-0.3, -0.25) is 9.59 Å². The molecule has 0 spiro atoms. The van der Waals surface area contributed by atoms with Crippen molar-refractivity contribution in [1.29, 1.82) is 0 Å². The van der Waals surface area contributed by atoms with E-state index in [0.29, 0.717) is 22.5 Å². The number of hydrogen-bond donors (Lipinski definition) is 2. The molecule has 0 aromatic heterocycles. The lowest BCUT2D eigenvalue weighted by molar-refractivity contribution is -0.154. The molecular weight excluding hydrogens is 384 g/mol. The van der Waals surface area contributed by atoms with E-state index in [1.165, 1.54) is 7.11 Å². The molecule has 2 N–H and O–H groups in total. The van der Waals surface area contributed by atoms with Gasteiger partial charge in [0.05, 0.1) is 18.6 Å². The van der Waals surface area contributed by atoms with Gasteiger partial charge in [-0.15, -0.1) is 0 Å². The number of benzene rings is 1. The minimum atomic E-state index is -0.648. The molecule has 0 radical (unpaired) electrons. The van der Waals surface area contributed by atoms with Crippen LogP contribution in [0.5, 0.6) is 0 Å². The Kier molecular flexibility index (Phi) is 7.08. The van der Waals surface area contributed by atoms with Crippen LogP contribution in [0, 0.1) is 6.92 Å². The predicted molar refractivity (Wildman–Crippen MR) is 113 cm³/mol. The van der Waals surface area contributed by atoms with Crippen LogP contribution in [0.25, 0.3) is 0 Å². The van der Waals surface area contributed by atoms with Gasteiger partial charge in [0.15, 0.2) is 0 Å². The highest BCUT2D eigenvalue weighted by Crippen LogP contribution is 2.39. The van der Waals surface area contributed by atoms with Gasteiger partial charge in [-0.25, -0.2) is 4.79 Å². The number of methoxy groups -OCH3 is 1. The number of carbonyl (C=O) groups is 3. The molecule has 30 heavy (non-hydrogen) atoms. The van der Waals surface area contributed by atoms with Crippen LogP contribution in [0.15, 0.2) is 46.8 Å². The van der Waals surface area contributed by atoms with Crippen LogP contribution < -0.4 is 10.6 Å². The number of nitrogens with one attached hydrogen (secondary N) is 2. The maximum Gasteiger partial charge on any atom is 0.336 e. The number of aryl methyl sites for hydroxylation is 1. The average Bonchev–Trinajstić information content (AvgIpc) is 2.64. The van der Waals surface area contributed by atoms with E-state index in [9.17, 15) is 14.4 Å². The number of amides is 1. The van der Waals surface area contributed by atoms with E-state index in [-0.39, 0.29) is 6.54 Å². The molecule has 0 fully saturated rings. The lowest BCUT2D eigenvalue weighted by Gasteiger charge is -2.31. The Morgan fingerprint density at radius 1 is 1.03 bits per heavy atom. The normalized spacial score (nSPS) is 16.7. The lowest BCUT2D eigenvalue weighted by Crippen LogP contribution is -2.39. The third kappa shape index (κ3) is 5.28. The van der Waals surface area contributed by atoms with Crippen LogP contribution in [0.3, 0.4) is 0 Å². The van der Waals surface area contributed by atoms with E-state index in [4.69, 9.17) is 9.47 Å². The van der Waals surface area contributed by atoms with Gasteiger partial charge in [-0.05, 0) is 52.7 Å². The highest BCUT2D eigenvalue weighted by atomic mass is 16.6. The summed E-state index contributed by atoms with van der Waals surface area (Å²) >= 11 is 0. The summed E-state index contributed by atoms with van der Waals surface area (Å²) in [6.45, 7) is 10.5. The number of allylic oxidation sites excluding steroid dienone is 2. The second kappa shape index (κ2) is 9.15. The predicted octanol–water partition coefficient (Wildman–Crippen LogP) is 2.86. The van der Waals surface area contributed by atoms with Gasteiger partial charge in [0.25, 0.3) is 0 Å². The smallest absolute Gasteiger partial charge is 0.336 e. The van der Waals surface area contributed by atoms with Crippen LogP contribution in [0.1, 0.15) is 51.7 Å². The SMILES string of the molecule is COC(=O)C1=C(C)NC(C)=C(C(=O)NCC(=O)OC(C)(C)C)C1c1ccccc1C. The van der Waals surface area contributed by atoms with Crippen molar-refractivity contribution in [2.45, 2.75) is 53.1 Å². The van der Waals surface area contributed by atoms with E-state index >= 15 is 0 Å². The van der Waals surface area contributed by atoms with Crippen LogP contribution in [0.2, 0.25) is 0 Å². The molecule has 0 bridgehead atoms. The number of hydrogen-bond acceptors (Lipinski definition) is 6. The first-order valence-electron chi connectivity index (χ1n) is 9.78. The third-order valence-electron chi connectivity index (χ3n) is 4.72. The Hall–Kier alpha value is -3.09. The van der Waals surface area contributed by atoms with Crippen molar-refractivity contribution in [1.82, 2.24) is 10.6 Å². The van der Waals surface area contributed by atoms with Gasteiger partial charge in [-0.1, -0.05) is 24.3 Å². The minimum Gasteiger partial charge on any atom is -0.466 e. The number of esters is 2. The van der Waals surface area contributed by atoms with Crippen molar-refractivity contribution in [2.24, 2.45) is 0 Å². The van der Waals surface area contributed by atoms with E-state index in [1.807, 2.05) is 31.2 Å². The Bertz CT molecular complexity index is 922. The summed E-state index contributed by atoms with van der Waals surface area (Å²) < 4.78 is 10.3. The zero-order chi connectivity index (χ0) is 22.6. The van der Waals surface area contributed by atoms with Crippen LogP contribution in [-0.2, 0) is 23.9 Å². The molecule has 1 amide bonds. The fourth-order valence-electron chi connectivity index (χ4n) is 3.52. The van der Waals surface area contributed by atoms with Crippen molar-refractivity contribution in [3.63, 3.8) is 0 Å². The molecule has 7 nitrogen and oxygen atoms in total. The van der Waals surface area contributed by atoms with Gasteiger partial charge in [0.1, 0.15) is 12.1 Å². The molecule has 0 saturated carbocycles. The van der Waals surface area contributed by atoms with Gasteiger partial charge >= 0.3 is 11.9 Å². The van der Waals surface area contributed by atoms with E-state index in [1.54, 1.807) is 34.6 Å². The molecule has 1 aromatic rings. The quantitative estimate of drug-likeness (QED) is 0.720. The first-order valence-corrected chi connectivity index (χ1v) is 9.78. The number of rotatable bonds is 5. The van der Waals surface area contributed by atoms with Crippen molar-refractivity contribution in [3.05, 3.63) is 57.9 Å². The maximum atomic E-state index is 13.1. The number of dihydropyridines is 1. The van der Waals surface area contributed by atoms with Crippen LogP contribution >= 0.6 is 0 Å². The Balaban J connectivity index is 2.43. The molecule has 1 atom stereocenters. The van der Waals surface area contributed by atoms with Crippen molar-refractivity contribution < 1.29 is 23.9 Å². The highest BCUT2D eigenvalue weighted by Gasteiger charge is 2.37. The maximum absolute atomic E-state index is 13.1. The standard InChI is InChI=1S/C23H30N2O5/c1-13-10-8-9-11-16(13)20-18(14(2)25-15(3)19(20)22(28)29-7)21(27)24-12-17(26)30-23(4,5)6/h8-11,20,25H,12H2,1-7H3,(H,24,27). The van der Waals surface area contributed by atoms with E-state index in [0.717, 1.165) is 11.1 Å². The molecule has 1 unspecified atom stereocenters. The molecule has 162 valence electrons. The van der Waals surface area contributed by atoms with E-state index in [2.05, 4.69) is 10.6 Å². The van der Waals surface area contributed by atoms with Crippen molar-refractivity contribution >= 4 is 17.8 Å². The summed E-state index contributed by atoms with van der Waals surface area (Å²) in [7, 11) is 1.31. The summed E-state index contributed by atoms with van der Waals surface area (Å²) in [5.41, 5.74) is 3.06. The Morgan fingerprint density at radius 2 is 1.63 bits per heavy atom. The Labute approximate surface area is 177 Å². The average molecular weight is 415 g/mol. The fourth-order valence-corrected chi connectivity index (χ4v) is 3.52. The zero-order valence-corrected chi connectivity index (χ0v) is 18.6. The molecule has 1 aliphatic heterocycles. The summed E-state index contributed by atoms with van der Waals surface area (Å²) in [5, 5.41) is 5.73. The lowest BCUT2D eigenvalue weighted by atomic mass is 9.78. The third-order valence-corrected chi connectivity index (χ3v) is 4.72. The van der Waals surface area contributed by atoms with Gasteiger partial charge in [0, 0.05) is 17.0 Å². The molecule has 1 aromatic carbocycles. The topological polar surface area (TPSA) is 93.7 Å². The Morgan fingerprint density at radius 3 is 2.20 bits per heavy atom. The second-order valence-corrected chi connectivity index (χ2v) is 8.25. The molecule has 1 aliphatic rings. The second-order valence-electron chi connectivity index (χ2n) is 8.25. The minimum absolute atomic E-state index is 0.274. The number of ether oxygens (including phenoxy) is 2. The summed E-state index contributed by atoms with van der Waals surface area (Å²) in [5.74, 6) is -2.13. The number of carbonyl (C=O) groups excluding carboxylic acids is 3. The molecule has 0 aliphatic carbocycles.